The van der Waals surface area contributed by atoms with Gasteiger partial charge >= 0.3 is 0 Å². The SMILES string of the molecule is N#Cc1ccccc1-c1ccc2c(c1)c1cc(-c3ccccc3C#N)ccc1n2-c1ccc(-c2cc(F)cc(F)c2)cc1-c1nc(-c2ccccc2)nc(-c2ccccc2)n1. The first-order valence-electron chi connectivity index (χ1n) is 19.5. The van der Waals surface area contributed by atoms with Crippen molar-refractivity contribution in [2.45, 2.75) is 0 Å². The lowest BCUT2D eigenvalue weighted by Gasteiger charge is -2.17. The van der Waals surface area contributed by atoms with Crippen LogP contribution in [0.5, 0.6) is 0 Å². The van der Waals surface area contributed by atoms with Crippen LogP contribution in [0.1, 0.15) is 11.1 Å². The van der Waals surface area contributed by atoms with Gasteiger partial charge in [-0.25, -0.2) is 23.7 Å². The first kappa shape index (κ1) is 36.7. The van der Waals surface area contributed by atoms with Crippen molar-refractivity contribution in [3.63, 3.8) is 0 Å². The topological polar surface area (TPSA) is 91.2 Å². The fourth-order valence-electron chi connectivity index (χ4n) is 8.02. The Labute approximate surface area is 349 Å². The molecular weight excluding hydrogens is 759 g/mol. The largest absolute Gasteiger partial charge is 0.308 e. The summed E-state index contributed by atoms with van der Waals surface area (Å²) in [6.07, 6.45) is 0. The normalized spacial score (nSPS) is 11.1. The van der Waals surface area contributed by atoms with E-state index in [-0.39, 0.29) is 0 Å². The van der Waals surface area contributed by atoms with Gasteiger partial charge in [0, 0.05) is 33.5 Å². The van der Waals surface area contributed by atoms with Crippen LogP contribution in [-0.2, 0) is 0 Å². The zero-order valence-electron chi connectivity index (χ0n) is 32.3. The van der Waals surface area contributed by atoms with Crippen molar-refractivity contribution in [3.05, 3.63) is 205 Å². The second-order valence-corrected chi connectivity index (χ2v) is 14.5. The fraction of sp³-hybridized carbons (Fsp3) is 0. The van der Waals surface area contributed by atoms with E-state index in [1.54, 1.807) is 12.1 Å². The minimum atomic E-state index is -0.691. The molecular formula is C53H30F2N6. The maximum Gasteiger partial charge on any atom is 0.166 e. The van der Waals surface area contributed by atoms with Crippen molar-refractivity contribution in [2.24, 2.45) is 0 Å². The van der Waals surface area contributed by atoms with Crippen molar-refractivity contribution in [3.8, 4) is 85.4 Å². The smallest absolute Gasteiger partial charge is 0.166 e. The number of nitriles is 2. The van der Waals surface area contributed by atoms with Gasteiger partial charge in [-0.15, -0.1) is 0 Å². The number of hydrogen-bond donors (Lipinski definition) is 0. The molecule has 0 fully saturated rings. The number of nitrogens with zero attached hydrogens (tertiary/aromatic N) is 6. The molecule has 8 heteroatoms. The Balaban J connectivity index is 1.29. The lowest BCUT2D eigenvalue weighted by molar-refractivity contribution is 0.584. The quantitative estimate of drug-likeness (QED) is 0.160. The summed E-state index contributed by atoms with van der Waals surface area (Å²) in [7, 11) is 0. The predicted molar refractivity (Wildman–Crippen MR) is 236 cm³/mol. The summed E-state index contributed by atoms with van der Waals surface area (Å²) in [4.78, 5) is 15.1. The average Bonchev–Trinajstić information content (AvgIpc) is 3.64. The highest BCUT2D eigenvalue weighted by Crippen LogP contribution is 2.41. The third kappa shape index (κ3) is 6.75. The average molecular weight is 789 g/mol. The first-order chi connectivity index (χ1) is 29.9. The molecule has 6 nitrogen and oxygen atoms in total. The molecule has 0 radical (unpaired) electrons. The van der Waals surface area contributed by atoms with E-state index in [1.165, 1.54) is 12.1 Å². The molecule has 61 heavy (non-hydrogen) atoms. The molecule has 8 aromatic carbocycles. The van der Waals surface area contributed by atoms with Gasteiger partial charge in [0.25, 0.3) is 0 Å². The van der Waals surface area contributed by atoms with Crippen molar-refractivity contribution < 1.29 is 8.78 Å². The Morgan fingerprint density at radius 2 is 0.836 bits per heavy atom. The Kier molecular flexibility index (Phi) is 9.21. The van der Waals surface area contributed by atoms with Crippen LogP contribution in [0.4, 0.5) is 8.78 Å². The van der Waals surface area contributed by atoms with Gasteiger partial charge in [0.1, 0.15) is 11.6 Å². The summed E-state index contributed by atoms with van der Waals surface area (Å²) in [5, 5.41) is 21.9. The Hall–Kier alpha value is -8.59. The van der Waals surface area contributed by atoms with Crippen LogP contribution in [0.3, 0.4) is 0 Å². The van der Waals surface area contributed by atoms with Crippen LogP contribution in [0.25, 0.3) is 95.0 Å². The number of hydrogen-bond acceptors (Lipinski definition) is 5. The summed E-state index contributed by atoms with van der Waals surface area (Å²) >= 11 is 0. The number of fused-ring (bicyclic) bond motifs is 3. The first-order valence-corrected chi connectivity index (χ1v) is 19.5. The molecule has 0 atom stereocenters. The summed E-state index contributed by atoms with van der Waals surface area (Å²) in [6, 6.07) is 60.4. The van der Waals surface area contributed by atoms with Crippen molar-refractivity contribution in [1.82, 2.24) is 19.5 Å². The van der Waals surface area contributed by atoms with Crippen molar-refractivity contribution in [2.75, 3.05) is 0 Å². The number of aromatic nitrogens is 4. The lowest BCUT2D eigenvalue weighted by Crippen LogP contribution is -2.04. The third-order valence-corrected chi connectivity index (χ3v) is 10.9. The molecule has 0 aliphatic carbocycles. The molecule has 0 N–H and O–H groups in total. The summed E-state index contributed by atoms with van der Waals surface area (Å²) < 4.78 is 31.7. The minimum absolute atomic E-state index is 0.356. The highest BCUT2D eigenvalue weighted by Gasteiger charge is 2.22. The highest BCUT2D eigenvalue weighted by atomic mass is 19.1. The Morgan fingerprint density at radius 3 is 1.34 bits per heavy atom. The van der Waals surface area contributed by atoms with Crippen LogP contribution in [0, 0.1) is 34.3 Å². The third-order valence-electron chi connectivity index (χ3n) is 10.9. The van der Waals surface area contributed by atoms with E-state index >= 15 is 0 Å². The minimum Gasteiger partial charge on any atom is -0.308 e. The van der Waals surface area contributed by atoms with E-state index < -0.39 is 11.6 Å². The summed E-state index contributed by atoms with van der Waals surface area (Å²) in [6.45, 7) is 0. The molecule has 10 aromatic rings. The second-order valence-electron chi connectivity index (χ2n) is 14.5. The highest BCUT2D eigenvalue weighted by molar-refractivity contribution is 6.12. The van der Waals surface area contributed by atoms with E-state index in [0.29, 0.717) is 51.0 Å². The van der Waals surface area contributed by atoms with Gasteiger partial charge in [0.15, 0.2) is 17.5 Å². The zero-order chi connectivity index (χ0) is 41.5. The molecule has 0 saturated carbocycles. The fourth-order valence-corrected chi connectivity index (χ4v) is 8.02. The monoisotopic (exact) mass is 788 g/mol. The van der Waals surface area contributed by atoms with Crippen LogP contribution in [0.2, 0.25) is 0 Å². The van der Waals surface area contributed by atoms with Gasteiger partial charge in [-0.3, -0.25) is 0 Å². The number of halogens is 2. The molecule has 0 amide bonds. The molecule has 0 aliphatic rings. The van der Waals surface area contributed by atoms with Gasteiger partial charge < -0.3 is 4.57 Å². The van der Waals surface area contributed by atoms with E-state index in [1.807, 2.05) is 140 Å². The second kappa shape index (κ2) is 15.3. The molecule has 0 unspecified atom stereocenters. The summed E-state index contributed by atoms with van der Waals surface area (Å²) in [5.74, 6) is -0.106. The van der Waals surface area contributed by atoms with Gasteiger partial charge in [0.05, 0.1) is 40.0 Å². The number of rotatable bonds is 7. The summed E-state index contributed by atoms with van der Waals surface area (Å²) in [5.41, 5.74) is 9.96. The Morgan fingerprint density at radius 1 is 0.377 bits per heavy atom. The maximum absolute atomic E-state index is 14.8. The van der Waals surface area contributed by atoms with E-state index in [2.05, 4.69) is 28.8 Å². The maximum atomic E-state index is 14.8. The molecule has 286 valence electrons. The van der Waals surface area contributed by atoms with Gasteiger partial charge in [-0.2, -0.15) is 10.5 Å². The van der Waals surface area contributed by atoms with Gasteiger partial charge in [-0.1, -0.05) is 115 Å². The molecule has 0 bridgehead atoms. The molecule has 10 rings (SSSR count). The lowest BCUT2D eigenvalue weighted by atomic mass is 9.96. The standard InChI is InChI=1S/C53H30F2N6/c54-41-25-40(26-42(55)30-41)35-19-22-50(47(27-35)53-59-51(33-11-3-1-4-12-33)58-52(60-53)34-13-5-2-6-14-34)61-48-23-20-36(43-17-9-7-15-38(43)31-56)28-45(48)46-29-37(21-24-49(46)61)44-18-10-8-16-39(44)32-57/h1-30H. The van der Waals surface area contributed by atoms with Crippen LogP contribution >= 0.6 is 0 Å². The molecule has 0 saturated heterocycles. The van der Waals surface area contributed by atoms with Crippen molar-refractivity contribution in [1.29, 1.82) is 10.5 Å². The Bertz CT molecular complexity index is 3230. The van der Waals surface area contributed by atoms with Crippen molar-refractivity contribution >= 4 is 21.8 Å². The molecule has 2 aromatic heterocycles. The van der Waals surface area contributed by atoms with Gasteiger partial charge in [-0.05, 0) is 94.0 Å². The van der Waals surface area contributed by atoms with Crippen LogP contribution in [0.15, 0.2) is 182 Å². The molecule has 0 aliphatic heterocycles. The van der Waals surface area contributed by atoms with Gasteiger partial charge in [0.2, 0.25) is 0 Å². The molecule has 2 heterocycles. The predicted octanol–water partition coefficient (Wildman–Crippen LogP) is 13.0. The van der Waals surface area contributed by atoms with E-state index in [9.17, 15) is 19.3 Å². The van der Waals surface area contributed by atoms with E-state index in [0.717, 1.165) is 61.3 Å². The van der Waals surface area contributed by atoms with E-state index in [4.69, 9.17) is 15.0 Å². The van der Waals surface area contributed by atoms with Crippen LogP contribution in [-0.4, -0.2) is 19.5 Å². The molecule has 0 spiro atoms. The zero-order valence-corrected chi connectivity index (χ0v) is 32.3. The van der Waals surface area contributed by atoms with Crippen LogP contribution < -0.4 is 0 Å². The number of benzene rings is 8.